The average Bonchev–Trinajstić information content (AvgIpc) is 2.05. The standard InChI is InChI=1S/C11H18N2O2/c1-11(2,3)15-10(14)13-9-6-4-8(12)5-7-9/h4-7,10,13-14H,12H2,1-3H3. The second-order valence-electron chi connectivity index (χ2n) is 4.35. The van der Waals surface area contributed by atoms with Crippen LogP contribution in [0, 0.1) is 0 Å². The molecule has 0 bridgehead atoms. The van der Waals surface area contributed by atoms with Crippen molar-refractivity contribution in [3.05, 3.63) is 24.3 Å². The maximum absolute atomic E-state index is 9.54. The van der Waals surface area contributed by atoms with E-state index in [-0.39, 0.29) is 5.60 Å². The topological polar surface area (TPSA) is 67.5 Å². The van der Waals surface area contributed by atoms with Gasteiger partial charge in [0.2, 0.25) is 6.41 Å². The number of aliphatic hydroxyl groups is 1. The number of ether oxygens (including phenoxy) is 1. The van der Waals surface area contributed by atoms with Gasteiger partial charge in [0.25, 0.3) is 0 Å². The molecule has 0 saturated heterocycles. The highest BCUT2D eigenvalue weighted by molar-refractivity contribution is 5.51. The molecule has 1 unspecified atom stereocenters. The molecule has 15 heavy (non-hydrogen) atoms. The van der Waals surface area contributed by atoms with Gasteiger partial charge >= 0.3 is 0 Å². The van der Waals surface area contributed by atoms with Gasteiger partial charge in [-0.3, -0.25) is 0 Å². The molecule has 4 nitrogen and oxygen atoms in total. The van der Waals surface area contributed by atoms with Gasteiger partial charge in [0.05, 0.1) is 5.60 Å². The fourth-order valence-electron chi connectivity index (χ4n) is 1.09. The summed E-state index contributed by atoms with van der Waals surface area (Å²) in [6.45, 7) is 5.63. The Labute approximate surface area is 90.1 Å². The summed E-state index contributed by atoms with van der Waals surface area (Å²) in [5, 5.41) is 12.3. The minimum Gasteiger partial charge on any atom is -0.399 e. The zero-order valence-corrected chi connectivity index (χ0v) is 9.32. The first kappa shape index (κ1) is 11.8. The van der Waals surface area contributed by atoms with Crippen LogP contribution in [0.1, 0.15) is 20.8 Å². The summed E-state index contributed by atoms with van der Waals surface area (Å²) >= 11 is 0. The van der Waals surface area contributed by atoms with Gasteiger partial charge in [0, 0.05) is 11.4 Å². The first-order valence-electron chi connectivity index (χ1n) is 4.85. The van der Waals surface area contributed by atoms with Crippen molar-refractivity contribution < 1.29 is 9.84 Å². The largest absolute Gasteiger partial charge is 0.399 e. The van der Waals surface area contributed by atoms with Gasteiger partial charge in [0.15, 0.2) is 0 Å². The predicted octanol–water partition coefficient (Wildman–Crippen LogP) is 1.77. The van der Waals surface area contributed by atoms with E-state index in [9.17, 15) is 5.11 Å². The lowest BCUT2D eigenvalue weighted by Gasteiger charge is -2.24. The van der Waals surface area contributed by atoms with E-state index in [1.807, 2.05) is 20.8 Å². The van der Waals surface area contributed by atoms with Gasteiger partial charge in [-0.25, -0.2) is 0 Å². The van der Waals surface area contributed by atoms with Crippen LogP contribution in [0.3, 0.4) is 0 Å². The molecule has 0 saturated carbocycles. The second kappa shape index (κ2) is 4.51. The Hall–Kier alpha value is -1.26. The van der Waals surface area contributed by atoms with E-state index in [1.165, 1.54) is 0 Å². The summed E-state index contributed by atoms with van der Waals surface area (Å²) in [6, 6.07) is 7.08. The van der Waals surface area contributed by atoms with Gasteiger partial charge in [-0.05, 0) is 45.0 Å². The second-order valence-corrected chi connectivity index (χ2v) is 4.35. The smallest absolute Gasteiger partial charge is 0.235 e. The molecular weight excluding hydrogens is 192 g/mol. The van der Waals surface area contributed by atoms with E-state index in [0.717, 1.165) is 5.69 Å². The quantitative estimate of drug-likeness (QED) is 0.525. The highest BCUT2D eigenvalue weighted by atomic mass is 16.6. The van der Waals surface area contributed by atoms with Crippen LogP contribution in [0.5, 0.6) is 0 Å². The lowest BCUT2D eigenvalue weighted by atomic mass is 10.2. The van der Waals surface area contributed by atoms with Crippen LogP contribution in [-0.4, -0.2) is 17.1 Å². The molecule has 1 aromatic rings. The number of nitrogens with one attached hydrogen (secondary N) is 1. The number of anilines is 2. The van der Waals surface area contributed by atoms with E-state index in [2.05, 4.69) is 5.32 Å². The molecular formula is C11H18N2O2. The van der Waals surface area contributed by atoms with Crippen molar-refractivity contribution >= 4 is 11.4 Å². The molecule has 0 amide bonds. The maximum atomic E-state index is 9.54. The molecule has 0 aliphatic heterocycles. The Balaban J connectivity index is 2.51. The van der Waals surface area contributed by atoms with E-state index in [1.54, 1.807) is 24.3 Å². The van der Waals surface area contributed by atoms with Crippen molar-refractivity contribution in [3.8, 4) is 0 Å². The third-order valence-electron chi connectivity index (χ3n) is 1.67. The van der Waals surface area contributed by atoms with Crippen molar-refractivity contribution in [1.82, 2.24) is 0 Å². The van der Waals surface area contributed by atoms with Crippen LogP contribution in [0.2, 0.25) is 0 Å². The summed E-state index contributed by atoms with van der Waals surface area (Å²) in [7, 11) is 0. The molecule has 0 fully saturated rings. The molecule has 1 rings (SSSR count). The van der Waals surface area contributed by atoms with Crippen LogP contribution in [0.25, 0.3) is 0 Å². The van der Waals surface area contributed by atoms with Gasteiger partial charge < -0.3 is 20.9 Å². The lowest BCUT2D eigenvalue weighted by molar-refractivity contribution is -0.148. The van der Waals surface area contributed by atoms with Crippen molar-refractivity contribution in [1.29, 1.82) is 0 Å². The van der Waals surface area contributed by atoms with Crippen LogP contribution < -0.4 is 11.1 Å². The van der Waals surface area contributed by atoms with Crippen LogP contribution in [-0.2, 0) is 4.74 Å². The summed E-state index contributed by atoms with van der Waals surface area (Å²) in [5.41, 5.74) is 6.60. The third-order valence-corrected chi connectivity index (χ3v) is 1.67. The molecule has 0 spiro atoms. The number of hydrogen-bond acceptors (Lipinski definition) is 4. The fraction of sp³-hybridized carbons (Fsp3) is 0.455. The zero-order chi connectivity index (χ0) is 11.5. The Bertz CT molecular complexity index is 303. The number of rotatable bonds is 3. The third kappa shape index (κ3) is 4.67. The molecule has 4 N–H and O–H groups in total. The van der Waals surface area contributed by atoms with Gasteiger partial charge in [0.1, 0.15) is 0 Å². The van der Waals surface area contributed by atoms with E-state index < -0.39 is 6.41 Å². The Morgan fingerprint density at radius 2 is 1.80 bits per heavy atom. The molecule has 1 aromatic carbocycles. The monoisotopic (exact) mass is 210 g/mol. The van der Waals surface area contributed by atoms with Crippen molar-refractivity contribution in [2.24, 2.45) is 0 Å². The van der Waals surface area contributed by atoms with E-state index >= 15 is 0 Å². The van der Waals surface area contributed by atoms with Gasteiger partial charge in [-0.15, -0.1) is 0 Å². The molecule has 0 aliphatic rings. The van der Waals surface area contributed by atoms with Gasteiger partial charge in [-0.1, -0.05) is 0 Å². The number of aliphatic hydroxyl groups excluding tert-OH is 1. The Kier molecular flexibility index (Phi) is 3.55. The molecule has 0 heterocycles. The normalized spacial score (nSPS) is 13.6. The average molecular weight is 210 g/mol. The first-order chi connectivity index (χ1) is 6.87. The van der Waals surface area contributed by atoms with Crippen molar-refractivity contribution in [3.63, 3.8) is 0 Å². The first-order valence-corrected chi connectivity index (χ1v) is 4.85. The van der Waals surface area contributed by atoms with E-state index in [0.29, 0.717) is 5.69 Å². The maximum Gasteiger partial charge on any atom is 0.235 e. The number of nitrogens with two attached hydrogens (primary N) is 1. The summed E-state index contributed by atoms with van der Waals surface area (Å²) in [4.78, 5) is 0. The van der Waals surface area contributed by atoms with Crippen LogP contribution in [0.15, 0.2) is 24.3 Å². The summed E-state index contributed by atoms with van der Waals surface area (Å²) in [6.07, 6.45) is -1.02. The number of benzene rings is 1. The molecule has 0 radical (unpaired) electrons. The minimum atomic E-state index is -1.02. The lowest BCUT2D eigenvalue weighted by Crippen LogP contribution is -2.32. The SMILES string of the molecule is CC(C)(C)OC(O)Nc1ccc(N)cc1. The minimum absolute atomic E-state index is 0.389. The summed E-state index contributed by atoms with van der Waals surface area (Å²) in [5.74, 6) is 0. The molecule has 4 heteroatoms. The molecule has 0 aliphatic carbocycles. The molecule has 1 atom stereocenters. The zero-order valence-electron chi connectivity index (χ0n) is 9.32. The number of nitrogen functional groups attached to an aromatic ring is 1. The molecule has 0 aromatic heterocycles. The highest BCUT2D eigenvalue weighted by Gasteiger charge is 2.15. The van der Waals surface area contributed by atoms with Crippen molar-refractivity contribution in [2.45, 2.75) is 32.8 Å². The number of hydrogen-bond donors (Lipinski definition) is 3. The van der Waals surface area contributed by atoms with E-state index in [4.69, 9.17) is 10.5 Å². The fourth-order valence-corrected chi connectivity index (χ4v) is 1.09. The Morgan fingerprint density at radius 3 is 2.27 bits per heavy atom. The predicted molar refractivity (Wildman–Crippen MR) is 61.3 cm³/mol. The van der Waals surface area contributed by atoms with Crippen LogP contribution >= 0.6 is 0 Å². The molecule has 84 valence electrons. The van der Waals surface area contributed by atoms with Crippen molar-refractivity contribution in [2.75, 3.05) is 11.1 Å². The highest BCUT2D eigenvalue weighted by Crippen LogP contribution is 2.14. The van der Waals surface area contributed by atoms with Crippen LogP contribution in [0.4, 0.5) is 11.4 Å². The Morgan fingerprint density at radius 1 is 1.27 bits per heavy atom. The summed E-state index contributed by atoms with van der Waals surface area (Å²) < 4.78 is 5.29. The van der Waals surface area contributed by atoms with Gasteiger partial charge in [-0.2, -0.15) is 0 Å².